The number of aromatic nitrogens is 2. The lowest BCUT2D eigenvalue weighted by Crippen LogP contribution is -2.00. The van der Waals surface area contributed by atoms with E-state index in [1.54, 1.807) is 0 Å². The third-order valence-corrected chi connectivity index (χ3v) is 3.56. The Morgan fingerprint density at radius 3 is 2.71 bits per heavy atom. The molecular formula is C17H16ClN3. The first kappa shape index (κ1) is 13.7. The van der Waals surface area contributed by atoms with Gasteiger partial charge in [-0.15, -0.1) is 0 Å². The van der Waals surface area contributed by atoms with Gasteiger partial charge < -0.3 is 5.32 Å². The van der Waals surface area contributed by atoms with E-state index in [2.05, 4.69) is 10.4 Å². The van der Waals surface area contributed by atoms with Crippen molar-refractivity contribution in [3.05, 3.63) is 77.1 Å². The summed E-state index contributed by atoms with van der Waals surface area (Å²) in [6, 6.07) is 15.9. The Hall–Kier alpha value is -2.26. The fraction of sp³-hybridized carbons (Fsp3) is 0.118. The predicted octanol–water partition coefficient (Wildman–Crippen LogP) is 4.45. The normalized spacial score (nSPS) is 10.6. The highest BCUT2D eigenvalue weighted by molar-refractivity contribution is 6.30. The molecule has 0 bridgehead atoms. The van der Waals surface area contributed by atoms with Gasteiger partial charge in [-0.1, -0.05) is 29.8 Å². The van der Waals surface area contributed by atoms with Crippen LogP contribution in [-0.4, -0.2) is 9.78 Å². The summed E-state index contributed by atoms with van der Waals surface area (Å²) in [6.07, 6.45) is 3.92. The highest BCUT2D eigenvalue weighted by Gasteiger charge is 2.02. The number of aryl methyl sites for hydroxylation is 1. The van der Waals surface area contributed by atoms with Crippen LogP contribution in [0.3, 0.4) is 0 Å². The monoisotopic (exact) mass is 297 g/mol. The molecule has 4 heteroatoms. The summed E-state index contributed by atoms with van der Waals surface area (Å²) in [5.74, 6) is 0. The van der Waals surface area contributed by atoms with E-state index in [9.17, 15) is 0 Å². The van der Waals surface area contributed by atoms with E-state index >= 15 is 0 Å². The second kappa shape index (κ2) is 6.02. The van der Waals surface area contributed by atoms with Crippen LogP contribution in [0.15, 0.2) is 60.9 Å². The molecule has 0 fully saturated rings. The minimum atomic E-state index is 0.731. The maximum absolute atomic E-state index is 5.96. The molecule has 0 amide bonds. The molecule has 106 valence electrons. The molecule has 3 rings (SSSR count). The quantitative estimate of drug-likeness (QED) is 0.771. The van der Waals surface area contributed by atoms with Crippen molar-refractivity contribution in [1.82, 2.24) is 9.78 Å². The maximum Gasteiger partial charge on any atom is 0.0645 e. The predicted molar refractivity (Wildman–Crippen MR) is 87.1 cm³/mol. The van der Waals surface area contributed by atoms with Crippen LogP contribution < -0.4 is 5.32 Å². The lowest BCUT2D eigenvalue weighted by atomic mass is 10.2. The van der Waals surface area contributed by atoms with Crippen molar-refractivity contribution >= 4 is 17.3 Å². The molecule has 0 aliphatic carbocycles. The van der Waals surface area contributed by atoms with Gasteiger partial charge in [-0.3, -0.25) is 0 Å². The molecule has 0 unspecified atom stereocenters. The summed E-state index contributed by atoms with van der Waals surface area (Å²) >= 11 is 5.96. The summed E-state index contributed by atoms with van der Waals surface area (Å²) in [7, 11) is 0. The molecule has 3 aromatic rings. The second-order valence-electron chi connectivity index (χ2n) is 4.94. The van der Waals surface area contributed by atoms with E-state index in [0.29, 0.717) is 0 Å². The fourth-order valence-electron chi connectivity index (χ4n) is 2.20. The average molecular weight is 298 g/mol. The summed E-state index contributed by atoms with van der Waals surface area (Å²) in [5, 5.41) is 8.56. The molecule has 0 aliphatic heterocycles. The molecule has 0 atom stereocenters. The Bertz CT molecular complexity index is 735. The van der Waals surface area contributed by atoms with Crippen molar-refractivity contribution in [3.63, 3.8) is 0 Å². The van der Waals surface area contributed by atoms with Crippen molar-refractivity contribution in [2.45, 2.75) is 13.5 Å². The standard InChI is InChI=1S/C17H16ClN3/c1-13-9-15(18)7-8-17(13)19-10-14-11-20-21(12-14)16-5-3-2-4-6-16/h2-9,11-12,19H,10H2,1H3. The topological polar surface area (TPSA) is 29.9 Å². The van der Waals surface area contributed by atoms with E-state index in [1.807, 2.05) is 72.5 Å². The highest BCUT2D eigenvalue weighted by Crippen LogP contribution is 2.20. The van der Waals surface area contributed by atoms with Crippen molar-refractivity contribution in [2.75, 3.05) is 5.32 Å². The second-order valence-corrected chi connectivity index (χ2v) is 5.38. The van der Waals surface area contributed by atoms with Gasteiger partial charge in [0.15, 0.2) is 0 Å². The van der Waals surface area contributed by atoms with E-state index in [1.165, 1.54) is 0 Å². The van der Waals surface area contributed by atoms with Crippen LogP contribution in [0, 0.1) is 6.92 Å². The summed E-state index contributed by atoms with van der Waals surface area (Å²) in [6.45, 7) is 2.77. The van der Waals surface area contributed by atoms with E-state index in [4.69, 9.17) is 11.6 Å². The third kappa shape index (κ3) is 3.26. The van der Waals surface area contributed by atoms with Crippen LogP contribution in [-0.2, 0) is 6.54 Å². The van der Waals surface area contributed by atoms with Crippen LogP contribution in [0.5, 0.6) is 0 Å². The molecule has 3 nitrogen and oxygen atoms in total. The van der Waals surface area contributed by atoms with Gasteiger partial charge >= 0.3 is 0 Å². The number of benzene rings is 2. The molecule has 2 aromatic carbocycles. The van der Waals surface area contributed by atoms with Crippen LogP contribution in [0.4, 0.5) is 5.69 Å². The molecule has 0 spiro atoms. The van der Waals surface area contributed by atoms with Crippen LogP contribution in [0.1, 0.15) is 11.1 Å². The summed E-state index contributed by atoms with van der Waals surface area (Å²) in [5.41, 5.74) is 4.42. The molecule has 21 heavy (non-hydrogen) atoms. The molecule has 1 N–H and O–H groups in total. The van der Waals surface area contributed by atoms with E-state index in [0.717, 1.165) is 34.1 Å². The van der Waals surface area contributed by atoms with Crippen LogP contribution in [0.2, 0.25) is 5.02 Å². The number of anilines is 1. The summed E-state index contributed by atoms with van der Waals surface area (Å²) in [4.78, 5) is 0. The molecule has 1 heterocycles. The molecule has 0 aliphatic rings. The van der Waals surface area contributed by atoms with Gasteiger partial charge in [-0.05, 0) is 42.8 Å². The number of nitrogens with one attached hydrogen (secondary N) is 1. The zero-order chi connectivity index (χ0) is 14.7. The van der Waals surface area contributed by atoms with Crippen LogP contribution >= 0.6 is 11.6 Å². The fourth-order valence-corrected chi connectivity index (χ4v) is 2.42. The smallest absolute Gasteiger partial charge is 0.0645 e. The molecular weight excluding hydrogens is 282 g/mol. The van der Waals surface area contributed by atoms with Crippen molar-refractivity contribution < 1.29 is 0 Å². The van der Waals surface area contributed by atoms with Gasteiger partial charge in [0.25, 0.3) is 0 Å². The number of halogens is 1. The number of rotatable bonds is 4. The minimum Gasteiger partial charge on any atom is -0.381 e. The minimum absolute atomic E-state index is 0.731. The van der Waals surface area contributed by atoms with Gasteiger partial charge in [0.1, 0.15) is 0 Å². The van der Waals surface area contributed by atoms with Crippen molar-refractivity contribution in [1.29, 1.82) is 0 Å². The first-order valence-electron chi connectivity index (χ1n) is 6.81. The number of nitrogens with zero attached hydrogens (tertiary/aromatic N) is 2. The number of hydrogen-bond donors (Lipinski definition) is 1. The third-order valence-electron chi connectivity index (χ3n) is 3.33. The first-order chi connectivity index (χ1) is 10.2. The number of hydrogen-bond acceptors (Lipinski definition) is 2. The average Bonchev–Trinajstić information content (AvgIpc) is 2.96. The Morgan fingerprint density at radius 2 is 1.95 bits per heavy atom. The van der Waals surface area contributed by atoms with Crippen LogP contribution in [0.25, 0.3) is 5.69 Å². The Balaban J connectivity index is 1.70. The van der Waals surface area contributed by atoms with Gasteiger partial charge in [0, 0.05) is 29.0 Å². The van der Waals surface area contributed by atoms with Gasteiger partial charge in [-0.2, -0.15) is 5.10 Å². The summed E-state index contributed by atoms with van der Waals surface area (Å²) < 4.78 is 1.88. The first-order valence-corrected chi connectivity index (χ1v) is 7.19. The number of para-hydroxylation sites is 1. The Labute approximate surface area is 129 Å². The zero-order valence-corrected chi connectivity index (χ0v) is 12.5. The largest absolute Gasteiger partial charge is 0.381 e. The van der Waals surface area contributed by atoms with E-state index < -0.39 is 0 Å². The van der Waals surface area contributed by atoms with Crippen molar-refractivity contribution in [3.8, 4) is 5.69 Å². The zero-order valence-electron chi connectivity index (χ0n) is 11.8. The Morgan fingerprint density at radius 1 is 1.14 bits per heavy atom. The Kier molecular flexibility index (Phi) is 3.93. The van der Waals surface area contributed by atoms with Gasteiger partial charge in [0.2, 0.25) is 0 Å². The van der Waals surface area contributed by atoms with Gasteiger partial charge in [-0.25, -0.2) is 4.68 Å². The highest BCUT2D eigenvalue weighted by atomic mass is 35.5. The maximum atomic E-state index is 5.96. The van der Waals surface area contributed by atoms with Gasteiger partial charge in [0.05, 0.1) is 11.9 Å². The lowest BCUT2D eigenvalue weighted by Gasteiger charge is -2.08. The molecule has 0 radical (unpaired) electrons. The van der Waals surface area contributed by atoms with E-state index in [-0.39, 0.29) is 0 Å². The molecule has 0 saturated heterocycles. The lowest BCUT2D eigenvalue weighted by molar-refractivity contribution is 0.880. The molecule has 0 saturated carbocycles. The van der Waals surface area contributed by atoms with Crippen molar-refractivity contribution in [2.24, 2.45) is 0 Å². The SMILES string of the molecule is Cc1cc(Cl)ccc1NCc1cnn(-c2ccccc2)c1. The molecule has 1 aromatic heterocycles.